The van der Waals surface area contributed by atoms with Crippen LogP contribution < -0.4 is 5.73 Å². The first-order valence-electron chi connectivity index (χ1n) is 7.73. The highest BCUT2D eigenvalue weighted by Gasteiger charge is 2.19. The highest BCUT2D eigenvalue weighted by atomic mass is 14.6. The van der Waals surface area contributed by atoms with Crippen LogP contribution in [0.1, 0.15) is 48.6 Å². The molecule has 1 aliphatic carbocycles. The zero-order valence-electron chi connectivity index (χ0n) is 12.4. The average molecular weight is 265 g/mol. The summed E-state index contributed by atoms with van der Waals surface area (Å²) in [5.74, 6) is 0. The van der Waals surface area contributed by atoms with Crippen molar-refractivity contribution < 1.29 is 0 Å². The van der Waals surface area contributed by atoms with E-state index in [9.17, 15) is 0 Å². The van der Waals surface area contributed by atoms with Gasteiger partial charge in [-0.1, -0.05) is 50.2 Å². The van der Waals surface area contributed by atoms with Crippen molar-refractivity contribution in [2.45, 2.75) is 45.6 Å². The standard InChI is InChI=1S/C19H23N/c1-3-13-5-6-15(11-14(13)4-2)16-7-9-18-17(12-16)8-10-19(18)20/h5-7,9,11-12,19H,3-4,8,10,20H2,1-2H3. The Labute approximate surface area is 121 Å². The predicted molar refractivity (Wildman–Crippen MR) is 85.9 cm³/mol. The first-order valence-corrected chi connectivity index (χ1v) is 7.73. The maximum Gasteiger partial charge on any atom is 0.0300 e. The Morgan fingerprint density at radius 2 is 1.65 bits per heavy atom. The van der Waals surface area contributed by atoms with Crippen molar-refractivity contribution in [3.63, 3.8) is 0 Å². The molecule has 0 amide bonds. The van der Waals surface area contributed by atoms with Gasteiger partial charge in [0.1, 0.15) is 0 Å². The summed E-state index contributed by atoms with van der Waals surface area (Å²) >= 11 is 0. The van der Waals surface area contributed by atoms with Crippen molar-refractivity contribution in [3.8, 4) is 11.1 Å². The number of hydrogen-bond acceptors (Lipinski definition) is 1. The molecule has 0 saturated heterocycles. The summed E-state index contributed by atoms with van der Waals surface area (Å²) in [4.78, 5) is 0. The third kappa shape index (κ3) is 2.27. The van der Waals surface area contributed by atoms with E-state index in [0.29, 0.717) is 0 Å². The van der Waals surface area contributed by atoms with Crippen LogP contribution in [0, 0.1) is 0 Å². The molecule has 3 rings (SSSR count). The largest absolute Gasteiger partial charge is 0.324 e. The first-order chi connectivity index (χ1) is 9.72. The molecule has 0 heterocycles. The quantitative estimate of drug-likeness (QED) is 0.873. The zero-order chi connectivity index (χ0) is 14.1. The molecule has 1 atom stereocenters. The molecule has 0 fully saturated rings. The average Bonchev–Trinajstić information content (AvgIpc) is 2.87. The summed E-state index contributed by atoms with van der Waals surface area (Å²) in [6.45, 7) is 4.46. The predicted octanol–water partition coefficient (Wildman–Crippen LogP) is 4.42. The van der Waals surface area contributed by atoms with Gasteiger partial charge in [-0.25, -0.2) is 0 Å². The van der Waals surface area contributed by atoms with Crippen LogP contribution in [0.15, 0.2) is 36.4 Å². The fourth-order valence-corrected chi connectivity index (χ4v) is 3.31. The van der Waals surface area contributed by atoms with Gasteiger partial charge in [0.25, 0.3) is 0 Å². The fraction of sp³-hybridized carbons (Fsp3) is 0.368. The summed E-state index contributed by atoms with van der Waals surface area (Å²) in [7, 11) is 0. The monoisotopic (exact) mass is 265 g/mol. The SMILES string of the molecule is CCc1ccc(-c2ccc3c(c2)CCC3N)cc1CC. The number of benzene rings is 2. The van der Waals surface area contributed by atoms with E-state index in [1.165, 1.54) is 33.4 Å². The summed E-state index contributed by atoms with van der Waals surface area (Å²) in [5.41, 5.74) is 14.5. The van der Waals surface area contributed by atoms with Gasteiger partial charge in [-0.2, -0.15) is 0 Å². The number of nitrogens with two attached hydrogens (primary N) is 1. The van der Waals surface area contributed by atoms with Crippen LogP contribution >= 0.6 is 0 Å². The topological polar surface area (TPSA) is 26.0 Å². The Bertz CT molecular complexity index is 619. The lowest BCUT2D eigenvalue weighted by Crippen LogP contribution is -2.04. The molecule has 104 valence electrons. The number of aryl methyl sites for hydroxylation is 3. The molecule has 2 N–H and O–H groups in total. The van der Waals surface area contributed by atoms with Gasteiger partial charge in [0, 0.05) is 6.04 Å². The Hall–Kier alpha value is -1.60. The van der Waals surface area contributed by atoms with E-state index in [1.807, 2.05) is 0 Å². The van der Waals surface area contributed by atoms with Crippen LogP contribution in [0.25, 0.3) is 11.1 Å². The first kappa shape index (κ1) is 13.4. The molecule has 2 aromatic carbocycles. The third-order valence-electron chi connectivity index (χ3n) is 4.57. The number of fused-ring (bicyclic) bond motifs is 1. The van der Waals surface area contributed by atoms with Crippen molar-refractivity contribution in [1.82, 2.24) is 0 Å². The highest BCUT2D eigenvalue weighted by Crippen LogP contribution is 2.33. The molecule has 0 aliphatic heterocycles. The van der Waals surface area contributed by atoms with Crippen LogP contribution in [-0.4, -0.2) is 0 Å². The lowest BCUT2D eigenvalue weighted by Gasteiger charge is -2.11. The van der Waals surface area contributed by atoms with E-state index in [1.54, 1.807) is 0 Å². The summed E-state index contributed by atoms with van der Waals surface area (Å²) < 4.78 is 0. The molecule has 1 heteroatoms. The van der Waals surface area contributed by atoms with E-state index < -0.39 is 0 Å². The number of rotatable bonds is 3. The van der Waals surface area contributed by atoms with Crippen molar-refractivity contribution in [2.24, 2.45) is 5.73 Å². The Morgan fingerprint density at radius 3 is 2.40 bits per heavy atom. The molecule has 1 aliphatic rings. The summed E-state index contributed by atoms with van der Waals surface area (Å²) in [6.07, 6.45) is 4.43. The fourth-order valence-electron chi connectivity index (χ4n) is 3.31. The van der Waals surface area contributed by atoms with Crippen LogP contribution in [0.4, 0.5) is 0 Å². The van der Waals surface area contributed by atoms with Crippen LogP contribution in [0.3, 0.4) is 0 Å². The van der Waals surface area contributed by atoms with Gasteiger partial charge in [0.15, 0.2) is 0 Å². The van der Waals surface area contributed by atoms with Crippen LogP contribution in [0.5, 0.6) is 0 Å². The third-order valence-corrected chi connectivity index (χ3v) is 4.57. The van der Waals surface area contributed by atoms with Gasteiger partial charge in [-0.05, 0) is 59.1 Å². The molecular weight excluding hydrogens is 242 g/mol. The van der Waals surface area contributed by atoms with Crippen molar-refractivity contribution >= 4 is 0 Å². The Kier molecular flexibility index (Phi) is 3.62. The van der Waals surface area contributed by atoms with Crippen molar-refractivity contribution in [2.75, 3.05) is 0 Å². The second kappa shape index (κ2) is 5.41. The van der Waals surface area contributed by atoms with Crippen molar-refractivity contribution in [3.05, 3.63) is 58.7 Å². The zero-order valence-corrected chi connectivity index (χ0v) is 12.4. The maximum absolute atomic E-state index is 6.12. The molecule has 1 nitrogen and oxygen atoms in total. The molecule has 2 aromatic rings. The molecule has 0 saturated carbocycles. The Balaban J connectivity index is 2.01. The molecule has 0 aromatic heterocycles. The van der Waals surface area contributed by atoms with Gasteiger partial charge in [-0.15, -0.1) is 0 Å². The van der Waals surface area contributed by atoms with Gasteiger partial charge in [0.2, 0.25) is 0 Å². The molecule has 0 bridgehead atoms. The minimum Gasteiger partial charge on any atom is -0.324 e. The maximum atomic E-state index is 6.12. The lowest BCUT2D eigenvalue weighted by atomic mass is 9.95. The summed E-state index contributed by atoms with van der Waals surface area (Å²) in [5, 5.41) is 0. The van der Waals surface area contributed by atoms with Crippen LogP contribution in [-0.2, 0) is 19.3 Å². The number of hydrogen-bond donors (Lipinski definition) is 1. The van der Waals surface area contributed by atoms with Gasteiger partial charge in [-0.3, -0.25) is 0 Å². The molecule has 1 unspecified atom stereocenters. The van der Waals surface area contributed by atoms with Crippen LogP contribution in [0.2, 0.25) is 0 Å². The molecule has 0 spiro atoms. The van der Waals surface area contributed by atoms with Gasteiger partial charge < -0.3 is 5.73 Å². The molecule has 20 heavy (non-hydrogen) atoms. The summed E-state index contributed by atoms with van der Waals surface area (Å²) in [6, 6.07) is 13.9. The highest BCUT2D eigenvalue weighted by molar-refractivity contribution is 5.67. The smallest absolute Gasteiger partial charge is 0.0300 e. The van der Waals surface area contributed by atoms with E-state index in [2.05, 4.69) is 50.2 Å². The molecular formula is C19H23N. The second-order valence-corrected chi connectivity index (χ2v) is 5.75. The molecule has 0 radical (unpaired) electrons. The van der Waals surface area contributed by atoms with E-state index in [-0.39, 0.29) is 6.04 Å². The lowest BCUT2D eigenvalue weighted by molar-refractivity contribution is 0.713. The minimum atomic E-state index is 0.243. The van der Waals surface area contributed by atoms with Crippen molar-refractivity contribution in [1.29, 1.82) is 0 Å². The van der Waals surface area contributed by atoms with E-state index >= 15 is 0 Å². The van der Waals surface area contributed by atoms with Gasteiger partial charge in [0.05, 0.1) is 0 Å². The normalized spacial score (nSPS) is 17.2. The van der Waals surface area contributed by atoms with E-state index in [4.69, 9.17) is 5.73 Å². The second-order valence-electron chi connectivity index (χ2n) is 5.75. The Morgan fingerprint density at radius 1 is 0.950 bits per heavy atom. The van der Waals surface area contributed by atoms with Gasteiger partial charge >= 0.3 is 0 Å². The minimum absolute atomic E-state index is 0.243. The van der Waals surface area contributed by atoms with E-state index in [0.717, 1.165) is 25.7 Å².